The molecule has 2 aromatic heterocycles. The fourth-order valence-corrected chi connectivity index (χ4v) is 3.82. The molecule has 1 aliphatic carbocycles. The summed E-state index contributed by atoms with van der Waals surface area (Å²) in [5, 5.41) is 8.07. The molecule has 7 heteroatoms. The number of amides is 1. The highest BCUT2D eigenvalue weighted by molar-refractivity contribution is 7.99. The zero-order valence-corrected chi connectivity index (χ0v) is 15.7. The van der Waals surface area contributed by atoms with Crippen LogP contribution in [0.4, 0.5) is 0 Å². The highest BCUT2D eigenvalue weighted by Gasteiger charge is 2.44. The molecule has 6 nitrogen and oxygen atoms in total. The van der Waals surface area contributed by atoms with Gasteiger partial charge in [-0.3, -0.25) is 4.79 Å². The number of carbonyl (C=O) groups is 1. The largest absolute Gasteiger partial charge is 0.354 e. The number of carbonyl (C=O) groups excluding carboxylic acids is 1. The van der Waals surface area contributed by atoms with Crippen LogP contribution in [-0.2, 0) is 10.2 Å². The highest BCUT2D eigenvalue weighted by Crippen LogP contribution is 2.47. The Morgan fingerprint density at radius 2 is 2.00 bits per heavy atom. The number of benzene rings is 1. The van der Waals surface area contributed by atoms with E-state index in [0.717, 1.165) is 24.2 Å². The van der Waals surface area contributed by atoms with Crippen molar-refractivity contribution in [2.24, 2.45) is 0 Å². The van der Waals surface area contributed by atoms with Crippen molar-refractivity contribution >= 4 is 23.4 Å². The number of fused-ring (bicyclic) bond motifs is 1. The third kappa shape index (κ3) is 3.44. The normalized spacial score (nSPS) is 15.2. The average molecular weight is 367 g/mol. The molecule has 0 saturated heterocycles. The second-order valence-corrected chi connectivity index (χ2v) is 7.80. The van der Waals surface area contributed by atoms with E-state index in [9.17, 15) is 4.79 Å². The Labute approximate surface area is 156 Å². The number of hydrogen-bond acceptors (Lipinski definition) is 5. The summed E-state index contributed by atoms with van der Waals surface area (Å²) >= 11 is 1.34. The van der Waals surface area contributed by atoms with Gasteiger partial charge in [0.1, 0.15) is 0 Å². The lowest BCUT2D eigenvalue weighted by Crippen LogP contribution is -2.33. The summed E-state index contributed by atoms with van der Waals surface area (Å²) in [4.78, 5) is 21.0. The lowest BCUT2D eigenvalue weighted by molar-refractivity contribution is -0.118. The molecule has 1 N–H and O–H groups in total. The zero-order valence-electron chi connectivity index (χ0n) is 14.9. The Hall–Kier alpha value is -2.41. The van der Waals surface area contributed by atoms with Crippen LogP contribution in [0, 0.1) is 13.8 Å². The molecule has 134 valence electrons. The molecule has 0 unspecified atom stereocenters. The van der Waals surface area contributed by atoms with Gasteiger partial charge in [-0.15, -0.1) is 5.10 Å². The van der Waals surface area contributed by atoms with E-state index in [1.165, 1.54) is 17.3 Å². The van der Waals surface area contributed by atoms with Crippen LogP contribution in [0.3, 0.4) is 0 Å². The van der Waals surface area contributed by atoms with Crippen LogP contribution >= 0.6 is 11.8 Å². The van der Waals surface area contributed by atoms with Gasteiger partial charge in [-0.05, 0) is 38.3 Å². The summed E-state index contributed by atoms with van der Waals surface area (Å²) < 4.78 is 1.71. The molecule has 4 rings (SSSR count). The van der Waals surface area contributed by atoms with Gasteiger partial charge in [-0.2, -0.15) is 4.98 Å². The summed E-state index contributed by atoms with van der Waals surface area (Å²) in [6.07, 6.45) is 2.26. The van der Waals surface area contributed by atoms with Crippen LogP contribution in [0.15, 0.2) is 41.6 Å². The summed E-state index contributed by atoms with van der Waals surface area (Å²) in [5.74, 6) is 0.892. The standard InChI is InChI=1S/C19H21N5OS/c1-13-10-14(2)24-17(21-13)22-18(23-24)26-11-16(25)20-12-19(8-9-19)15-6-4-3-5-7-15/h3-7,10H,8-9,11-12H2,1-2H3,(H,20,25). The SMILES string of the molecule is Cc1cc(C)n2nc(SCC(=O)NCC3(c4ccccc4)CC3)nc2n1. The van der Waals surface area contributed by atoms with E-state index in [1.54, 1.807) is 4.52 Å². The molecule has 0 bridgehead atoms. The minimum absolute atomic E-state index is 0.0110. The van der Waals surface area contributed by atoms with Crippen LogP contribution in [0.25, 0.3) is 5.78 Å². The molecule has 1 fully saturated rings. The molecule has 0 radical (unpaired) electrons. The van der Waals surface area contributed by atoms with Crippen LogP contribution < -0.4 is 5.32 Å². The smallest absolute Gasteiger partial charge is 0.253 e. The van der Waals surface area contributed by atoms with Gasteiger partial charge in [-0.25, -0.2) is 9.50 Å². The molecule has 3 aromatic rings. The Balaban J connectivity index is 1.34. The van der Waals surface area contributed by atoms with Crippen molar-refractivity contribution in [2.75, 3.05) is 12.3 Å². The first-order chi connectivity index (χ1) is 12.6. The molecule has 26 heavy (non-hydrogen) atoms. The van der Waals surface area contributed by atoms with Crippen molar-refractivity contribution in [3.8, 4) is 0 Å². The quantitative estimate of drug-likeness (QED) is 0.678. The molecule has 0 aliphatic heterocycles. The van der Waals surface area contributed by atoms with Crippen LogP contribution in [0.5, 0.6) is 0 Å². The van der Waals surface area contributed by atoms with Gasteiger partial charge in [-0.1, -0.05) is 42.1 Å². The number of nitrogens with one attached hydrogen (secondary N) is 1. The average Bonchev–Trinajstić information content (AvgIpc) is 3.32. The predicted octanol–water partition coefficient (Wildman–Crippen LogP) is 2.68. The second-order valence-electron chi connectivity index (χ2n) is 6.86. The first kappa shape index (κ1) is 17.0. The third-order valence-corrected chi connectivity index (χ3v) is 5.63. The maximum atomic E-state index is 12.2. The van der Waals surface area contributed by atoms with Crippen molar-refractivity contribution in [2.45, 2.75) is 37.3 Å². The van der Waals surface area contributed by atoms with Crippen LogP contribution in [0.1, 0.15) is 29.8 Å². The molecule has 1 saturated carbocycles. The van der Waals surface area contributed by atoms with Gasteiger partial charge in [0.05, 0.1) is 5.75 Å². The number of thioether (sulfide) groups is 1. The maximum absolute atomic E-state index is 12.2. The minimum Gasteiger partial charge on any atom is -0.354 e. The number of rotatable bonds is 6. The predicted molar refractivity (Wildman–Crippen MR) is 101 cm³/mol. The fourth-order valence-electron chi connectivity index (χ4n) is 3.17. The number of nitrogens with zero attached hydrogens (tertiary/aromatic N) is 4. The molecule has 1 aliphatic rings. The lowest BCUT2D eigenvalue weighted by Gasteiger charge is -2.16. The van der Waals surface area contributed by atoms with Gasteiger partial charge in [0, 0.05) is 23.3 Å². The van der Waals surface area contributed by atoms with Crippen LogP contribution in [0.2, 0.25) is 0 Å². The van der Waals surface area contributed by atoms with Crippen molar-refractivity contribution in [3.05, 3.63) is 53.3 Å². The lowest BCUT2D eigenvalue weighted by atomic mass is 9.96. The maximum Gasteiger partial charge on any atom is 0.253 e. The summed E-state index contributed by atoms with van der Waals surface area (Å²) in [5.41, 5.74) is 3.33. The first-order valence-corrected chi connectivity index (χ1v) is 9.70. The molecule has 0 atom stereocenters. The number of aromatic nitrogens is 4. The number of aryl methyl sites for hydroxylation is 2. The van der Waals surface area contributed by atoms with E-state index < -0.39 is 0 Å². The molecule has 1 amide bonds. The third-order valence-electron chi connectivity index (χ3n) is 4.79. The highest BCUT2D eigenvalue weighted by atomic mass is 32.2. The zero-order chi connectivity index (χ0) is 18.1. The van der Waals surface area contributed by atoms with E-state index in [0.29, 0.717) is 23.2 Å². The van der Waals surface area contributed by atoms with Gasteiger partial charge in [0.2, 0.25) is 11.1 Å². The van der Waals surface area contributed by atoms with E-state index >= 15 is 0 Å². The second kappa shape index (κ2) is 6.72. The Bertz CT molecular complexity index is 949. The van der Waals surface area contributed by atoms with Gasteiger partial charge in [0.15, 0.2) is 0 Å². The van der Waals surface area contributed by atoms with Crippen molar-refractivity contribution in [1.82, 2.24) is 24.9 Å². The molecular formula is C19H21N5OS. The molecule has 2 heterocycles. The van der Waals surface area contributed by atoms with Gasteiger partial charge >= 0.3 is 0 Å². The van der Waals surface area contributed by atoms with Crippen molar-refractivity contribution in [3.63, 3.8) is 0 Å². The fraction of sp³-hybridized carbons (Fsp3) is 0.368. The molecule has 1 aromatic carbocycles. The summed E-state index contributed by atoms with van der Waals surface area (Å²) in [6, 6.07) is 12.4. The first-order valence-electron chi connectivity index (χ1n) is 8.72. The summed E-state index contributed by atoms with van der Waals surface area (Å²) in [6.45, 7) is 4.59. The van der Waals surface area contributed by atoms with Gasteiger partial charge in [0.25, 0.3) is 5.78 Å². The minimum atomic E-state index is 0.0110. The topological polar surface area (TPSA) is 72.2 Å². The van der Waals surface area contributed by atoms with Crippen LogP contribution in [-0.4, -0.2) is 37.8 Å². The van der Waals surface area contributed by atoms with Gasteiger partial charge < -0.3 is 5.32 Å². The van der Waals surface area contributed by atoms with Crippen molar-refractivity contribution < 1.29 is 4.79 Å². The number of hydrogen-bond donors (Lipinski definition) is 1. The Morgan fingerprint density at radius 3 is 2.73 bits per heavy atom. The summed E-state index contributed by atoms with van der Waals surface area (Å²) in [7, 11) is 0. The molecular weight excluding hydrogens is 346 g/mol. The van der Waals surface area contributed by atoms with E-state index in [2.05, 4.69) is 44.6 Å². The van der Waals surface area contributed by atoms with Crippen molar-refractivity contribution in [1.29, 1.82) is 0 Å². The Kier molecular flexibility index (Phi) is 4.40. The van der Waals surface area contributed by atoms with E-state index in [-0.39, 0.29) is 11.3 Å². The molecule has 0 spiro atoms. The van der Waals surface area contributed by atoms with E-state index in [1.807, 2.05) is 26.0 Å². The Morgan fingerprint density at radius 1 is 1.23 bits per heavy atom. The van der Waals surface area contributed by atoms with E-state index in [4.69, 9.17) is 0 Å². The monoisotopic (exact) mass is 367 g/mol.